The summed E-state index contributed by atoms with van der Waals surface area (Å²) in [6, 6.07) is 10.1. The predicted molar refractivity (Wildman–Crippen MR) is 252 cm³/mol. The maximum atomic E-state index is 15.5. The number of anilines is 2. The Morgan fingerprint density at radius 1 is 1.04 bits per heavy atom. The number of ether oxygens (including phenoxy) is 4. The molecule has 4 heterocycles. The number of nitriles is 1. The molecule has 2 aromatic heterocycles. The van der Waals surface area contributed by atoms with Crippen LogP contribution in [0.1, 0.15) is 63.4 Å². The van der Waals surface area contributed by atoms with Crippen molar-refractivity contribution in [1.82, 2.24) is 25.5 Å². The van der Waals surface area contributed by atoms with E-state index in [0.717, 1.165) is 33.8 Å². The summed E-state index contributed by atoms with van der Waals surface area (Å²) >= 11 is 7.07. The number of likely N-dealkylation sites (tertiary alicyclic amines) is 1. The summed E-state index contributed by atoms with van der Waals surface area (Å²) in [6.45, 7) is 9.97. The van der Waals surface area contributed by atoms with Gasteiger partial charge in [-0.15, -0.1) is 11.3 Å². The van der Waals surface area contributed by atoms with Gasteiger partial charge in [0.25, 0.3) is 5.91 Å². The van der Waals surface area contributed by atoms with Crippen molar-refractivity contribution in [2.45, 2.75) is 84.4 Å². The highest BCUT2D eigenvalue weighted by atomic mass is 32.1. The van der Waals surface area contributed by atoms with E-state index >= 15 is 4.39 Å². The fraction of sp³-hybridized carbons (Fsp3) is 0.447. The van der Waals surface area contributed by atoms with Crippen molar-refractivity contribution in [2.75, 3.05) is 56.5 Å². The number of β-amino-alcohol motifs (C(OH)–C–C–N with tert-alkyl or cyclic N) is 1. The fourth-order valence-corrected chi connectivity index (χ4v) is 9.23. The average molecular weight is 1010 g/mol. The lowest BCUT2D eigenvalue weighted by molar-refractivity contribution is -0.144. The number of carbonyl (C=O) groups is 4. The summed E-state index contributed by atoms with van der Waals surface area (Å²) in [6.07, 6.45) is -4.86. The smallest absolute Gasteiger partial charge is 0.420 e. The standard InChI is InChI=1S/C47H52F4N8O9S2/c1-26-39(70-25-55-26)28-10-8-27(9-11-28)21-54-41(62)32-18-30(60)23-57(32)42(63)40(45(2,3)4)56-35(61)24-67-15-14-66-16-17-68-36-19-34(65-7)33(22-53-36)59-44(69)58(43(64)46(59,5)6)31-13-12-29(20-52)37(38(31)48)47(49,50)51/h8-13,19,22,25,30,32,40,60H,14-18,21,23-24H2,1-7H3,(H,54,62)(H,56,61)/t30-,32+,40-/m1/s1. The zero-order valence-electron chi connectivity index (χ0n) is 39.3. The second kappa shape index (κ2) is 21.8. The first-order chi connectivity index (χ1) is 33.0. The van der Waals surface area contributed by atoms with Gasteiger partial charge in [-0.05, 0) is 61.7 Å². The highest BCUT2D eigenvalue weighted by Crippen LogP contribution is 2.44. The monoisotopic (exact) mass is 1010 g/mol. The van der Waals surface area contributed by atoms with E-state index in [-0.39, 0.29) is 68.4 Å². The zero-order valence-corrected chi connectivity index (χ0v) is 40.9. The summed E-state index contributed by atoms with van der Waals surface area (Å²) in [5, 5.41) is 25.0. The van der Waals surface area contributed by atoms with Crippen molar-refractivity contribution >= 4 is 63.7 Å². The Bertz CT molecular complexity index is 2650. The van der Waals surface area contributed by atoms with Crippen LogP contribution in [-0.2, 0) is 41.4 Å². The Morgan fingerprint density at radius 2 is 1.73 bits per heavy atom. The third-order valence-corrected chi connectivity index (χ3v) is 12.9. The molecule has 23 heteroatoms. The van der Waals surface area contributed by atoms with Crippen LogP contribution in [0.3, 0.4) is 0 Å². The first-order valence-corrected chi connectivity index (χ1v) is 23.1. The predicted octanol–water partition coefficient (Wildman–Crippen LogP) is 5.69. The van der Waals surface area contributed by atoms with E-state index in [2.05, 4.69) is 20.6 Å². The van der Waals surface area contributed by atoms with E-state index in [1.165, 1.54) is 49.1 Å². The summed E-state index contributed by atoms with van der Waals surface area (Å²) in [7, 11) is 1.32. The number of thiazole rings is 1. The largest absolute Gasteiger partial charge is 0.494 e. The number of methoxy groups -OCH3 is 1. The van der Waals surface area contributed by atoms with Gasteiger partial charge in [0.2, 0.25) is 23.6 Å². The van der Waals surface area contributed by atoms with Gasteiger partial charge >= 0.3 is 6.18 Å². The first kappa shape index (κ1) is 53.0. The van der Waals surface area contributed by atoms with Crippen LogP contribution in [0.15, 0.2) is 54.2 Å². The number of halogens is 4. The maximum Gasteiger partial charge on any atom is 0.420 e. The van der Waals surface area contributed by atoms with Gasteiger partial charge in [-0.1, -0.05) is 45.0 Å². The van der Waals surface area contributed by atoms with Crippen LogP contribution in [0.4, 0.5) is 28.9 Å². The number of nitrogens with zero attached hydrogens (tertiary/aromatic N) is 6. The summed E-state index contributed by atoms with van der Waals surface area (Å²) in [5.74, 6) is -4.03. The van der Waals surface area contributed by atoms with Gasteiger partial charge in [0.15, 0.2) is 10.9 Å². The molecule has 0 saturated carbocycles. The van der Waals surface area contributed by atoms with Crippen LogP contribution < -0.4 is 29.9 Å². The number of nitrogens with one attached hydrogen (secondary N) is 2. The highest BCUT2D eigenvalue weighted by Gasteiger charge is 2.53. The number of pyridine rings is 1. The van der Waals surface area contributed by atoms with Crippen molar-refractivity contribution < 1.29 is 60.8 Å². The molecule has 0 unspecified atom stereocenters. The van der Waals surface area contributed by atoms with E-state index in [4.69, 9.17) is 31.2 Å². The topological polar surface area (TPSA) is 209 Å². The Morgan fingerprint density at radius 3 is 2.36 bits per heavy atom. The Kier molecular flexibility index (Phi) is 16.5. The number of thiocarbonyl (C=S) groups is 1. The van der Waals surface area contributed by atoms with Gasteiger partial charge in [-0.25, -0.2) is 14.4 Å². The Hall–Kier alpha value is -6.32. The number of alkyl halides is 3. The molecule has 0 bridgehead atoms. The molecule has 3 N–H and O–H groups in total. The summed E-state index contributed by atoms with van der Waals surface area (Å²) in [4.78, 5) is 66.9. The van der Waals surface area contributed by atoms with E-state index in [9.17, 15) is 42.7 Å². The number of aryl methyl sites for hydroxylation is 1. The lowest BCUT2D eigenvalue weighted by Crippen LogP contribution is -2.58. The fourth-order valence-electron chi connectivity index (χ4n) is 7.91. The van der Waals surface area contributed by atoms with Crippen LogP contribution in [0.25, 0.3) is 10.4 Å². The summed E-state index contributed by atoms with van der Waals surface area (Å²) < 4.78 is 79.2. The van der Waals surface area contributed by atoms with Crippen LogP contribution in [-0.4, -0.2) is 119 Å². The van der Waals surface area contributed by atoms with E-state index < -0.39 is 88.2 Å². The van der Waals surface area contributed by atoms with Crippen LogP contribution in [0, 0.1) is 29.5 Å². The third-order valence-electron chi connectivity index (χ3n) is 11.5. The van der Waals surface area contributed by atoms with Crippen molar-refractivity contribution in [3.63, 3.8) is 0 Å². The number of rotatable bonds is 18. The van der Waals surface area contributed by atoms with Gasteiger partial charge in [0, 0.05) is 25.6 Å². The quantitative estimate of drug-likeness (QED) is 0.0622. The SMILES string of the molecule is COc1cc(OCCOCCOCC(=O)N[C@H](C(=O)N2C[C@H](O)C[C@H]2C(=O)NCc2ccc(-c3scnc3C)cc2)C(C)(C)C)ncc1N1C(=S)N(c2ccc(C#N)c(C(F)(F)F)c2F)C(=O)C1(C)C. The number of aliphatic hydroxyl groups excluding tert-OH is 1. The minimum atomic E-state index is -5.24. The maximum absolute atomic E-state index is 15.5. The average Bonchev–Trinajstić information content (AvgIpc) is 3.97. The molecule has 2 aliphatic heterocycles. The molecular weight excluding hydrogens is 961 g/mol. The van der Waals surface area contributed by atoms with E-state index in [0.29, 0.717) is 4.90 Å². The molecule has 2 saturated heterocycles. The number of hydrogen-bond donors (Lipinski definition) is 3. The van der Waals surface area contributed by atoms with E-state index in [1.807, 2.05) is 31.2 Å². The molecule has 2 aliphatic rings. The molecule has 0 spiro atoms. The van der Waals surface area contributed by atoms with Gasteiger partial charge in [-0.2, -0.15) is 18.4 Å². The van der Waals surface area contributed by atoms with Crippen molar-refractivity contribution in [1.29, 1.82) is 5.26 Å². The van der Waals surface area contributed by atoms with Gasteiger partial charge in [0.05, 0.1) is 72.6 Å². The zero-order chi connectivity index (χ0) is 51.3. The lowest BCUT2D eigenvalue weighted by Gasteiger charge is -2.35. The molecule has 4 amide bonds. The number of amides is 4. The molecular formula is C47H52F4N8O9S2. The number of benzene rings is 2. The normalized spacial score (nSPS) is 17.4. The van der Waals surface area contributed by atoms with Gasteiger partial charge in [0.1, 0.15) is 47.8 Å². The number of aliphatic hydroxyl groups is 1. The first-order valence-electron chi connectivity index (χ1n) is 21.8. The van der Waals surface area contributed by atoms with Gasteiger partial charge < -0.3 is 39.6 Å². The summed E-state index contributed by atoms with van der Waals surface area (Å²) in [5.41, 5.74) is -1.19. The van der Waals surface area contributed by atoms with Crippen LogP contribution in [0.2, 0.25) is 0 Å². The van der Waals surface area contributed by atoms with Crippen LogP contribution in [0.5, 0.6) is 11.6 Å². The second-order valence-corrected chi connectivity index (χ2v) is 19.1. The minimum absolute atomic E-state index is 0.00163. The van der Waals surface area contributed by atoms with Crippen molar-refractivity contribution in [3.05, 3.63) is 82.4 Å². The number of carbonyl (C=O) groups excluding carboxylic acids is 4. The number of aromatic nitrogens is 2. The molecule has 6 rings (SSSR count). The molecule has 2 aromatic carbocycles. The Balaban J connectivity index is 0.956. The van der Waals surface area contributed by atoms with Crippen molar-refractivity contribution in [3.8, 4) is 28.1 Å². The second-order valence-electron chi connectivity index (χ2n) is 17.9. The molecule has 0 aliphatic carbocycles. The lowest BCUT2D eigenvalue weighted by atomic mass is 9.85. The molecule has 3 atom stereocenters. The molecule has 374 valence electrons. The molecule has 4 aromatic rings. The van der Waals surface area contributed by atoms with Crippen LogP contribution >= 0.6 is 23.6 Å². The molecule has 70 heavy (non-hydrogen) atoms. The molecule has 17 nitrogen and oxygen atoms in total. The molecule has 0 radical (unpaired) electrons. The van der Waals surface area contributed by atoms with E-state index in [1.54, 1.807) is 37.6 Å². The minimum Gasteiger partial charge on any atom is -0.494 e. The Labute approximate surface area is 410 Å². The molecule has 2 fully saturated rings. The van der Waals surface area contributed by atoms with Crippen molar-refractivity contribution in [2.24, 2.45) is 5.41 Å². The third kappa shape index (κ3) is 11.6. The number of hydrogen-bond acceptors (Lipinski definition) is 14. The highest BCUT2D eigenvalue weighted by molar-refractivity contribution is 7.81. The van der Waals surface area contributed by atoms with Gasteiger partial charge in [-0.3, -0.25) is 29.0 Å².